The quantitative estimate of drug-likeness (QED) is 0.255. The van der Waals surface area contributed by atoms with Crippen molar-refractivity contribution in [1.29, 1.82) is 0 Å². The number of aromatic nitrogens is 2. The fourth-order valence-corrected chi connectivity index (χ4v) is 6.22. The van der Waals surface area contributed by atoms with Crippen LogP contribution in [0.25, 0.3) is 22.0 Å². The molecule has 3 atom stereocenters. The van der Waals surface area contributed by atoms with Gasteiger partial charge in [0, 0.05) is 55.8 Å². The Hall–Kier alpha value is -3.57. The highest BCUT2D eigenvalue weighted by atomic mass is 35.5. The number of phenolic OH excluding ortho intramolecular Hbond substituents is 1. The van der Waals surface area contributed by atoms with Crippen LogP contribution in [0.1, 0.15) is 33.6 Å². The highest BCUT2D eigenvalue weighted by Crippen LogP contribution is 2.43. The lowest BCUT2D eigenvalue weighted by Crippen LogP contribution is -2.58. The average Bonchev–Trinajstić information content (AvgIpc) is 3.31. The summed E-state index contributed by atoms with van der Waals surface area (Å²) in [5, 5.41) is 10.5. The number of anilines is 1. The second-order valence-corrected chi connectivity index (χ2v) is 12.0. The van der Waals surface area contributed by atoms with Crippen molar-refractivity contribution in [3.63, 3.8) is 0 Å². The predicted molar refractivity (Wildman–Crippen MR) is 160 cm³/mol. The van der Waals surface area contributed by atoms with Gasteiger partial charge in [0.25, 0.3) is 0 Å². The first kappa shape index (κ1) is 30.9. The molecule has 1 aromatic heterocycles. The van der Waals surface area contributed by atoms with Gasteiger partial charge in [0.2, 0.25) is 5.91 Å². The van der Waals surface area contributed by atoms with Gasteiger partial charge in [-0.15, -0.1) is 0 Å². The summed E-state index contributed by atoms with van der Waals surface area (Å²) in [6, 6.07) is 4.59. The van der Waals surface area contributed by atoms with E-state index >= 15 is 4.39 Å². The second kappa shape index (κ2) is 12.2. The maximum absolute atomic E-state index is 16.3. The molecule has 3 aromatic rings. The number of rotatable bonds is 8. The summed E-state index contributed by atoms with van der Waals surface area (Å²) in [5.74, 6) is -2.09. The number of carbonyl (C=O) groups excluding carboxylic acids is 1. The normalized spacial score (nSPS) is 22.8. The molecule has 0 bridgehead atoms. The van der Waals surface area contributed by atoms with Gasteiger partial charge < -0.3 is 19.6 Å². The predicted octanol–water partition coefficient (Wildman–Crippen LogP) is 5.75. The maximum atomic E-state index is 16.3. The Bertz CT molecular complexity index is 1530. The van der Waals surface area contributed by atoms with E-state index in [9.17, 15) is 18.7 Å². The summed E-state index contributed by atoms with van der Waals surface area (Å²) in [6.07, 6.45) is 2.32. The van der Waals surface area contributed by atoms with E-state index < -0.39 is 23.1 Å². The van der Waals surface area contributed by atoms with Crippen LogP contribution in [-0.2, 0) is 4.79 Å². The zero-order valence-electron chi connectivity index (χ0n) is 24.4. The number of halogens is 4. The molecule has 2 aliphatic rings. The molecule has 3 heterocycles. The molecular formula is C31H35ClF3N5O3. The van der Waals surface area contributed by atoms with Crippen LogP contribution in [0.3, 0.4) is 0 Å². The van der Waals surface area contributed by atoms with Gasteiger partial charge >= 0.3 is 6.01 Å². The molecule has 8 nitrogen and oxygen atoms in total. The molecule has 2 aromatic carbocycles. The Morgan fingerprint density at radius 2 is 2.00 bits per heavy atom. The van der Waals surface area contributed by atoms with Crippen LogP contribution in [0, 0.1) is 11.6 Å². The Balaban J connectivity index is 1.53. The molecule has 230 valence electrons. The van der Waals surface area contributed by atoms with E-state index in [-0.39, 0.29) is 57.7 Å². The molecule has 2 saturated heterocycles. The number of ether oxygens (including phenoxy) is 1. The summed E-state index contributed by atoms with van der Waals surface area (Å²) < 4.78 is 51.3. The van der Waals surface area contributed by atoms with Crippen molar-refractivity contribution in [2.24, 2.45) is 0 Å². The molecule has 5 rings (SSSR count). The lowest BCUT2D eigenvalue weighted by molar-refractivity contribution is -0.128. The third-order valence-corrected chi connectivity index (χ3v) is 8.45. The molecule has 43 heavy (non-hydrogen) atoms. The van der Waals surface area contributed by atoms with Crippen molar-refractivity contribution in [2.75, 3.05) is 44.2 Å². The third kappa shape index (κ3) is 6.24. The Labute approximate surface area is 253 Å². The van der Waals surface area contributed by atoms with Crippen LogP contribution in [0.15, 0.2) is 36.9 Å². The number of aromatic hydroxyl groups is 1. The zero-order chi connectivity index (χ0) is 31.1. The number of phenols is 1. The largest absolute Gasteiger partial charge is 0.507 e. The lowest BCUT2D eigenvalue weighted by atomic mass is 10.0. The standard InChI is InChI=1S/C31H35ClF3N5O3/c1-5-24(42)39-15-19(3)40(16-18(39)2)29-20-14-21(32)25(26-22(33)8-6-9-23(26)41)27(34)28(20)36-30(37-29)43-13-7-11-38-12-10-31(4,35)17-38/h5-6,8-9,14,18-19,41H,1,7,10-13,15-17H2,2-4H3/t18-,19+,31?/m1/s1. The molecule has 0 radical (unpaired) electrons. The molecule has 0 saturated carbocycles. The van der Waals surface area contributed by atoms with Gasteiger partial charge in [-0.1, -0.05) is 24.2 Å². The molecule has 1 unspecified atom stereocenters. The van der Waals surface area contributed by atoms with Gasteiger partial charge in [-0.2, -0.15) is 9.97 Å². The van der Waals surface area contributed by atoms with Crippen molar-refractivity contribution < 1.29 is 27.8 Å². The van der Waals surface area contributed by atoms with Gasteiger partial charge in [-0.05, 0) is 57.9 Å². The van der Waals surface area contributed by atoms with Crippen LogP contribution in [-0.4, -0.2) is 87.9 Å². The summed E-state index contributed by atoms with van der Waals surface area (Å²) >= 11 is 6.55. The Morgan fingerprint density at radius 3 is 2.67 bits per heavy atom. The van der Waals surface area contributed by atoms with Crippen LogP contribution in [0.2, 0.25) is 5.02 Å². The summed E-state index contributed by atoms with van der Waals surface area (Å²) in [7, 11) is 0. The third-order valence-electron chi connectivity index (χ3n) is 8.15. The number of nitrogens with zero attached hydrogens (tertiary/aromatic N) is 5. The highest BCUT2D eigenvalue weighted by molar-refractivity contribution is 6.34. The topological polar surface area (TPSA) is 82.0 Å². The van der Waals surface area contributed by atoms with Crippen molar-refractivity contribution in [1.82, 2.24) is 19.8 Å². The Morgan fingerprint density at radius 1 is 1.23 bits per heavy atom. The fourth-order valence-electron chi connectivity index (χ4n) is 5.94. The average molecular weight is 618 g/mol. The van der Waals surface area contributed by atoms with E-state index in [1.165, 1.54) is 24.3 Å². The van der Waals surface area contributed by atoms with Crippen molar-refractivity contribution in [3.05, 3.63) is 53.6 Å². The first-order chi connectivity index (χ1) is 20.4. The zero-order valence-corrected chi connectivity index (χ0v) is 25.2. The van der Waals surface area contributed by atoms with E-state index in [1.807, 2.05) is 23.6 Å². The molecule has 0 spiro atoms. The van der Waals surface area contributed by atoms with Crippen molar-refractivity contribution >= 4 is 34.2 Å². The molecule has 12 heteroatoms. The van der Waals surface area contributed by atoms with Crippen molar-refractivity contribution in [2.45, 2.75) is 51.4 Å². The minimum absolute atomic E-state index is 0.0892. The molecule has 2 aliphatic heterocycles. The summed E-state index contributed by atoms with van der Waals surface area (Å²) in [4.78, 5) is 27.1. The molecule has 2 fully saturated rings. The van der Waals surface area contributed by atoms with Crippen LogP contribution < -0.4 is 9.64 Å². The highest BCUT2D eigenvalue weighted by Gasteiger charge is 2.35. The monoisotopic (exact) mass is 617 g/mol. The van der Waals surface area contributed by atoms with Crippen LogP contribution in [0.5, 0.6) is 11.8 Å². The van der Waals surface area contributed by atoms with E-state index in [0.717, 1.165) is 6.07 Å². The van der Waals surface area contributed by atoms with Crippen LogP contribution >= 0.6 is 11.6 Å². The van der Waals surface area contributed by atoms with E-state index in [2.05, 4.69) is 16.5 Å². The van der Waals surface area contributed by atoms with Gasteiger partial charge in [-0.3, -0.25) is 9.69 Å². The number of hydrogen-bond acceptors (Lipinski definition) is 7. The lowest BCUT2D eigenvalue weighted by Gasteiger charge is -2.44. The van der Waals surface area contributed by atoms with E-state index in [1.54, 1.807) is 11.8 Å². The van der Waals surface area contributed by atoms with E-state index in [4.69, 9.17) is 16.3 Å². The number of hydrogen-bond donors (Lipinski definition) is 1. The van der Waals surface area contributed by atoms with Crippen molar-refractivity contribution in [3.8, 4) is 22.9 Å². The van der Waals surface area contributed by atoms with Crippen LogP contribution in [0.4, 0.5) is 19.0 Å². The first-order valence-electron chi connectivity index (χ1n) is 14.3. The number of amides is 1. The SMILES string of the molecule is C=CC(=O)N1C[C@H](C)N(c2nc(OCCCN3CCC(C)(F)C3)nc3c(F)c(-c4c(O)cccc4F)c(Cl)cc23)C[C@H]1C. The summed E-state index contributed by atoms with van der Waals surface area (Å²) in [6.45, 7) is 11.6. The fraction of sp³-hybridized carbons (Fsp3) is 0.452. The second-order valence-electron chi connectivity index (χ2n) is 11.6. The van der Waals surface area contributed by atoms with Gasteiger partial charge in [-0.25, -0.2) is 13.2 Å². The molecular weight excluding hydrogens is 583 g/mol. The number of fused-ring (bicyclic) bond motifs is 1. The number of piperazine rings is 1. The maximum Gasteiger partial charge on any atom is 0.319 e. The summed E-state index contributed by atoms with van der Waals surface area (Å²) in [5.41, 5.74) is -2.06. The minimum atomic E-state index is -1.20. The van der Waals surface area contributed by atoms with Gasteiger partial charge in [0.05, 0.1) is 17.2 Å². The minimum Gasteiger partial charge on any atom is -0.507 e. The Kier molecular flexibility index (Phi) is 8.76. The number of benzene rings is 2. The first-order valence-corrected chi connectivity index (χ1v) is 14.7. The molecule has 0 aliphatic carbocycles. The molecule has 1 amide bonds. The smallest absolute Gasteiger partial charge is 0.319 e. The number of likely N-dealkylation sites (tertiary alicyclic amines) is 1. The molecule has 1 N–H and O–H groups in total. The van der Waals surface area contributed by atoms with Gasteiger partial charge in [0.15, 0.2) is 5.82 Å². The van der Waals surface area contributed by atoms with Gasteiger partial charge in [0.1, 0.15) is 28.6 Å². The van der Waals surface area contributed by atoms with E-state index in [0.29, 0.717) is 51.4 Å². The number of carbonyl (C=O) groups is 1. The number of alkyl halides is 1.